The normalized spacial score (nSPS) is 21.2. The van der Waals surface area contributed by atoms with Crippen molar-refractivity contribution in [3.05, 3.63) is 65.5 Å². The van der Waals surface area contributed by atoms with E-state index in [9.17, 15) is 0 Å². The SMILES string of the molecule is Cc1cc2cc(C3CCCC3)cc(-c3nccc4cc(C5CCC(C)(C)C5)ccc34)c2o1. The predicted octanol–water partition coefficient (Wildman–Crippen LogP) is 8.91. The Morgan fingerprint density at radius 2 is 1.69 bits per heavy atom. The molecule has 0 amide bonds. The van der Waals surface area contributed by atoms with E-state index in [0.29, 0.717) is 17.3 Å². The largest absolute Gasteiger partial charge is 0.461 e. The van der Waals surface area contributed by atoms with Crippen molar-refractivity contribution in [1.29, 1.82) is 0 Å². The summed E-state index contributed by atoms with van der Waals surface area (Å²) < 4.78 is 6.21. The highest BCUT2D eigenvalue weighted by atomic mass is 16.3. The fraction of sp³-hybridized carbons (Fsp3) is 0.433. The molecule has 2 nitrogen and oxygen atoms in total. The number of benzene rings is 2. The molecular formula is C30H33NO. The molecule has 2 saturated carbocycles. The molecule has 2 aliphatic rings. The zero-order chi connectivity index (χ0) is 21.9. The first-order valence-corrected chi connectivity index (χ1v) is 12.4. The molecule has 1 unspecified atom stereocenters. The van der Waals surface area contributed by atoms with Crippen molar-refractivity contribution >= 4 is 21.7 Å². The van der Waals surface area contributed by atoms with E-state index >= 15 is 0 Å². The van der Waals surface area contributed by atoms with Crippen LogP contribution in [0.5, 0.6) is 0 Å². The average molecular weight is 424 g/mol. The Balaban J connectivity index is 1.49. The van der Waals surface area contributed by atoms with E-state index in [4.69, 9.17) is 9.40 Å². The number of rotatable bonds is 3. The smallest absolute Gasteiger partial charge is 0.143 e. The summed E-state index contributed by atoms with van der Waals surface area (Å²) in [5.74, 6) is 2.31. The maximum atomic E-state index is 6.21. The third-order valence-electron chi connectivity index (χ3n) is 8.07. The van der Waals surface area contributed by atoms with Gasteiger partial charge < -0.3 is 4.42 Å². The van der Waals surface area contributed by atoms with Crippen molar-refractivity contribution in [2.45, 2.75) is 77.6 Å². The minimum absolute atomic E-state index is 0.465. The molecule has 0 radical (unpaired) electrons. The van der Waals surface area contributed by atoms with Gasteiger partial charge in [-0.2, -0.15) is 0 Å². The van der Waals surface area contributed by atoms with Gasteiger partial charge in [-0.15, -0.1) is 0 Å². The Morgan fingerprint density at radius 3 is 2.47 bits per heavy atom. The summed E-state index contributed by atoms with van der Waals surface area (Å²) in [6, 6.07) is 16.2. The Labute approximate surface area is 191 Å². The number of pyridine rings is 1. The molecule has 32 heavy (non-hydrogen) atoms. The number of aromatic nitrogens is 1. The monoisotopic (exact) mass is 423 g/mol. The molecule has 2 heterocycles. The molecule has 2 aromatic carbocycles. The summed E-state index contributed by atoms with van der Waals surface area (Å²) in [5, 5.41) is 3.73. The number of furan rings is 1. The van der Waals surface area contributed by atoms with Gasteiger partial charge in [-0.1, -0.05) is 44.9 Å². The Hall–Kier alpha value is -2.61. The first-order chi connectivity index (χ1) is 15.5. The number of nitrogens with zero attached hydrogens (tertiary/aromatic N) is 1. The van der Waals surface area contributed by atoms with Crippen LogP contribution in [-0.2, 0) is 0 Å². The molecule has 6 rings (SSSR count). The van der Waals surface area contributed by atoms with Crippen LogP contribution in [0.15, 0.2) is 53.1 Å². The lowest BCUT2D eigenvalue weighted by atomic mass is 9.87. The second kappa shape index (κ2) is 7.47. The van der Waals surface area contributed by atoms with Crippen LogP contribution in [0.2, 0.25) is 0 Å². The van der Waals surface area contributed by atoms with E-state index in [2.05, 4.69) is 56.3 Å². The highest BCUT2D eigenvalue weighted by molar-refractivity contribution is 6.02. The molecule has 4 aromatic rings. The third kappa shape index (κ3) is 3.45. The lowest BCUT2D eigenvalue weighted by Gasteiger charge is -2.18. The van der Waals surface area contributed by atoms with Gasteiger partial charge in [-0.25, -0.2) is 0 Å². The quantitative estimate of drug-likeness (QED) is 0.329. The maximum Gasteiger partial charge on any atom is 0.143 e. The van der Waals surface area contributed by atoms with E-state index < -0.39 is 0 Å². The highest BCUT2D eigenvalue weighted by Crippen LogP contribution is 2.47. The number of fused-ring (bicyclic) bond motifs is 2. The zero-order valence-electron chi connectivity index (χ0n) is 19.6. The van der Waals surface area contributed by atoms with Crippen molar-refractivity contribution in [2.75, 3.05) is 0 Å². The van der Waals surface area contributed by atoms with Crippen LogP contribution in [0.1, 0.15) is 87.5 Å². The van der Waals surface area contributed by atoms with Gasteiger partial charge in [-0.05, 0) is 97.1 Å². The van der Waals surface area contributed by atoms with Gasteiger partial charge in [0.05, 0.1) is 5.69 Å². The minimum Gasteiger partial charge on any atom is -0.461 e. The molecule has 0 aliphatic heterocycles. The molecule has 2 heteroatoms. The van der Waals surface area contributed by atoms with Gasteiger partial charge in [0.15, 0.2) is 0 Å². The van der Waals surface area contributed by atoms with Crippen molar-refractivity contribution in [3.63, 3.8) is 0 Å². The molecule has 0 saturated heterocycles. The molecule has 164 valence electrons. The molecule has 2 aliphatic carbocycles. The molecule has 2 aromatic heterocycles. The van der Waals surface area contributed by atoms with E-state index in [1.54, 1.807) is 0 Å². The van der Waals surface area contributed by atoms with Gasteiger partial charge >= 0.3 is 0 Å². The van der Waals surface area contributed by atoms with Crippen LogP contribution in [0, 0.1) is 12.3 Å². The van der Waals surface area contributed by atoms with Gasteiger partial charge in [0.2, 0.25) is 0 Å². The van der Waals surface area contributed by atoms with Crippen LogP contribution in [0.3, 0.4) is 0 Å². The second-order valence-electron chi connectivity index (χ2n) is 11.1. The van der Waals surface area contributed by atoms with Crippen LogP contribution in [0.25, 0.3) is 33.0 Å². The molecule has 1 atom stereocenters. The number of hydrogen-bond acceptors (Lipinski definition) is 2. The Bertz CT molecular complexity index is 1310. The van der Waals surface area contributed by atoms with Crippen molar-refractivity contribution in [1.82, 2.24) is 4.98 Å². The van der Waals surface area contributed by atoms with Gasteiger partial charge in [0.25, 0.3) is 0 Å². The molecule has 0 bridgehead atoms. The van der Waals surface area contributed by atoms with Crippen LogP contribution < -0.4 is 0 Å². The van der Waals surface area contributed by atoms with Crippen LogP contribution >= 0.6 is 0 Å². The van der Waals surface area contributed by atoms with E-state index in [0.717, 1.165) is 22.6 Å². The highest BCUT2D eigenvalue weighted by Gasteiger charge is 2.31. The summed E-state index contributed by atoms with van der Waals surface area (Å²) in [4.78, 5) is 4.89. The standard InChI is InChI=1S/C30H33NO/c1-19-14-25-16-24(20-6-4-5-7-20)17-27(29(25)32-19)28-26-9-8-21(15-22(26)11-13-31-28)23-10-12-30(2,3)18-23/h8-9,11,13-17,20,23H,4-7,10,12,18H2,1-3H3. The topological polar surface area (TPSA) is 26.0 Å². The molecular weight excluding hydrogens is 390 g/mol. The van der Waals surface area contributed by atoms with Crippen LogP contribution in [-0.4, -0.2) is 4.98 Å². The zero-order valence-corrected chi connectivity index (χ0v) is 19.6. The molecule has 2 fully saturated rings. The number of aryl methyl sites for hydroxylation is 1. The maximum absolute atomic E-state index is 6.21. The minimum atomic E-state index is 0.465. The van der Waals surface area contributed by atoms with Crippen molar-refractivity contribution in [2.24, 2.45) is 5.41 Å². The van der Waals surface area contributed by atoms with Gasteiger partial charge in [0, 0.05) is 22.5 Å². The summed E-state index contributed by atoms with van der Waals surface area (Å²) in [6.45, 7) is 6.86. The summed E-state index contributed by atoms with van der Waals surface area (Å²) in [6.07, 6.45) is 11.2. The lowest BCUT2D eigenvalue weighted by Crippen LogP contribution is -2.04. The molecule has 0 N–H and O–H groups in total. The molecule has 0 spiro atoms. The average Bonchev–Trinajstić information content (AvgIpc) is 3.51. The van der Waals surface area contributed by atoms with Crippen LogP contribution in [0.4, 0.5) is 0 Å². The van der Waals surface area contributed by atoms with Crippen molar-refractivity contribution < 1.29 is 4.42 Å². The summed E-state index contributed by atoms with van der Waals surface area (Å²) in [7, 11) is 0. The van der Waals surface area contributed by atoms with Crippen molar-refractivity contribution in [3.8, 4) is 11.3 Å². The van der Waals surface area contributed by atoms with E-state index in [1.165, 1.54) is 72.2 Å². The predicted molar refractivity (Wildman–Crippen MR) is 133 cm³/mol. The first-order valence-electron chi connectivity index (χ1n) is 12.4. The second-order valence-corrected chi connectivity index (χ2v) is 11.1. The summed E-state index contributed by atoms with van der Waals surface area (Å²) >= 11 is 0. The third-order valence-corrected chi connectivity index (χ3v) is 8.07. The Kier molecular flexibility index (Phi) is 4.68. The Morgan fingerprint density at radius 1 is 0.875 bits per heavy atom. The fourth-order valence-electron chi connectivity index (χ4n) is 6.36. The van der Waals surface area contributed by atoms with Gasteiger partial charge in [-0.3, -0.25) is 4.98 Å². The number of hydrogen-bond donors (Lipinski definition) is 0. The summed E-state index contributed by atoms with van der Waals surface area (Å²) in [5.41, 5.74) is 6.59. The van der Waals surface area contributed by atoms with E-state index in [-0.39, 0.29) is 0 Å². The van der Waals surface area contributed by atoms with Gasteiger partial charge in [0.1, 0.15) is 11.3 Å². The first kappa shape index (κ1) is 20.0. The fourth-order valence-corrected chi connectivity index (χ4v) is 6.36. The lowest BCUT2D eigenvalue weighted by molar-refractivity contribution is 0.376. The van der Waals surface area contributed by atoms with E-state index in [1.807, 2.05) is 13.1 Å².